The Kier molecular flexibility index (Phi) is 3.41. The molecule has 1 aromatic carbocycles. The van der Waals surface area contributed by atoms with Crippen molar-refractivity contribution in [1.82, 2.24) is 10.2 Å². The highest BCUT2D eigenvalue weighted by Gasteiger charge is 2.34. The molecule has 2 atom stereocenters. The first-order chi connectivity index (χ1) is 10.3. The van der Waals surface area contributed by atoms with Crippen molar-refractivity contribution < 1.29 is 9.53 Å². The molecule has 110 valence electrons. The molecule has 2 aromatic rings. The Morgan fingerprint density at radius 3 is 3.19 bits per heavy atom. The SMILES string of the molecule is O=C1CO[C@@H]2CCN(Cc3cc4ccccc4s3)C[C@@H]2N1. The summed E-state index contributed by atoms with van der Waals surface area (Å²) in [5.74, 6) is 0.0139. The molecule has 4 rings (SSSR count). The second-order valence-electron chi connectivity index (χ2n) is 5.80. The fraction of sp³-hybridized carbons (Fsp3) is 0.438. The van der Waals surface area contributed by atoms with Crippen LogP contribution in [0.4, 0.5) is 0 Å². The number of hydrogen-bond donors (Lipinski definition) is 1. The second-order valence-corrected chi connectivity index (χ2v) is 6.97. The monoisotopic (exact) mass is 302 g/mol. The number of rotatable bonds is 2. The third-order valence-corrected chi connectivity index (χ3v) is 5.37. The van der Waals surface area contributed by atoms with E-state index in [0.717, 1.165) is 26.1 Å². The van der Waals surface area contributed by atoms with Gasteiger partial charge in [0, 0.05) is 29.2 Å². The first kappa shape index (κ1) is 13.2. The van der Waals surface area contributed by atoms with E-state index in [1.54, 1.807) is 0 Å². The molecular weight excluding hydrogens is 284 g/mol. The molecule has 4 nitrogen and oxygen atoms in total. The molecule has 1 N–H and O–H groups in total. The lowest BCUT2D eigenvalue weighted by Gasteiger charge is -2.40. The van der Waals surface area contributed by atoms with E-state index in [4.69, 9.17) is 4.74 Å². The number of thiophene rings is 1. The highest BCUT2D eigenvalue weighted by atomic mass is 32.1. The average molecular weight is 302 g/mol. The zero-order chi connectivity index (χ0) is 14.2. The van der Waals surface area contributed by atoms with Crippen LogP contribution in [0.3, 0.4) is 0 Å². The van der Waals surface area contributed by atoms with E-state index in [-0.39, 0.29) is 24.7 Å². The topological polar surface area (TPSA) is 41.6 Å². The molecule has 0 bridgehead atoms. The summed E-state index contributed by atoms with van der Waals surface area (Å²) in [6, 6.07) is 10.9. The van der Waals surface area contributed by atoms with Gasteiger partial charge in [0.1, 0.15) is 6.61 Å². The van der Waals surface area contributed by atoms with Crippen LogP contribution in [0, 0.1) is 0 Å². The number of carbonyl (C=O) groups is 1. The highest BCUT2D eigenvalue weighted by molar-refractivity contribution is 7.19. The number of benzene rings is 1. The van der Waals surface area contributed by atoms with Gasteiger partial charge in [-0.3, -0.25) is 9.69 Å². The van der Waals surface area contributed by atoms with E-state index in [0.29, 0.717) is 0 Å². The van der Waals surface area contributed by atoms with Crippen molar-refractivity contribution >= 4 is 27.3 Å². The van der Waals surface area contributed by atoms with Crippen LogP contribution in [0.1, 0.15) is 11.3 Å². The van der Waals surface area contributed by atoms with Crippen LogP contribution in [0.5, 0.6) is 0 Å². The molecule has 21 heavy (non-hydrogen) atoms. The van der Waals surface area contributed by atoms with Gasteiger partial charge < -0.3 is 10.1 Å². The number of hydrogen-bond acceptors (Lipinski definition) is 4. The molecule has 0 saturated carbocycles. The molecule has 2 saturated heterocycles. The van der Waals surface area contributed by atoms with Crippen LogP contribution >= 0.6 is 11.3 Å². The molecular formula is C16H18N2O2S. The van der Waals surface area contributed by atoms with Crippen molar-refractivity contribution in [2.75, 3.05) is 19.7 Å². The van der Waals surface area contributed by atoms with E-state index >= 15 is 0 Å². The fourth-order valence-corrected chi connectivity index (χ4v) is 4.35. The summed E-state index contributed by atoms with van der Waals surface area (Å²) < 4.78 is 6.95. The molecule has 0 unspecified atom stereocenters. The third kappa shape index (κ3) is 2.69. The number of fused-ring (bicyclic) bond motifs is 2. The predicted molar refractivity (Wildman–Crippen MR) is 83.4 cm³/mol. The molecule has 0 aliphatic carbocycles. The number of piperidine rings is 1. The maximum Gasteiger partial charge on any atom is 0.246 e. The van der Waals surface area contributed by atoms with E-state index in [9.17, 15) is 4.79 Å². The predicted octanol–water partition coefficient (Wildman–Crippen LogP) is 1.99. The second kappa shape index (κ2) is 5.40. The van der Waals surface area contributed by atoms with Crippen molar-refractivity contribution in [2.45, 2.75) is 25.1 Å². The largest absolute Gasteiger partial charge is 0.366 e. The summed E-state index contributed by atoms with van der Waals surface area (Å²) in [6.45, 7) is 3.09. The van der Waals surface area contributed by atoms with Gasteiger partial charge in [-0.15, -0.1) is 11.3 Å². The number of ether oxygens (including phenoxy) is 1. The minimum Gasteiger partial charge on any atom is -0.366 e. The highest BCUT2D eigenvalue weighted by Crippen LogP contribution is 2.27. The summed E-state index contributed by atoms with van der Waals surface area (Å²) in [5, 5.41) is 4.38. The van der Waals surface area contributed by atoms with Gasteiger partial charge in [-0.2, -0.15) is 0 Å². The number of amides is 1. The van der Waals surface area contributed by atoms with E-state index in [1.165, 1.54) is 15.0 Å². The lowest BCUT2D eigenvalue weighted by atomic mass is 10.0. The number of morpholine rings is 1. The van der Waals surface area contributed by atoms with Crippen molar-refractivity contribution in [3.63, 3.8) is 0 Å². The molecule has 1 amide bonds. The summed E-state index contributed by atoms with van der Waals surface area (Å²) in [7, 11) is 0. The quantitative estimate of drug-likeness (QED) is 0.922. The Labute approximate surface area is 127 Å². The van der Waals surface area contributed by atoms with E-state index < -0.39 is 0 Å². The van der Waals surface area contributed by atoms with Gasteiger partial charge in [0.05, 0.1) is 12.1 Å². The van der Waals surface area contributed by atoms with Gasteiger partial charge in [0.2, 0.25) is 5.91 Å². The third-order valence-electron chi connectivity index (χ3n) is 4.26. The molecule has 0 spiro atoms. The van der Waals surface area contributed by atoms with Crippen LogP contribution in [-0.4, -0.2) is 42.6 Å². The number of likely N-dealkylation sites (tertiary alicyclic amines) is 1. The van der Waals surface area contributed by atoms with Gasteiger partial charge in [-0.05, 0) is 23.9 Å². The Balaban J connectivity index is 1.46. The first-order valence-corrected chi connectivity index (χ1v) is 8.20. The Morgan fingerprint density at radius 2 is 2.29 bits per heavy atom. The Hall–Kier alpha value is -1.43. The first-order valence-electron chi connectivity index (χ1n) is 7.39. The van der Waals surface area contributed by atoms with Gasteiger partial charge in [0.15, 0.2) is 0 Å². The molecule has 5 heteroatoms. The minimum atomic E-state index is 0.0139. The van der Waals surface area contributed by atoms with E-state index in [2.05, 4.69) is 40.5 Å². The molecule has 2 fully saturated rings. The number of nitrogens with zero attached hydrogens (tertiary/aromatic N) is 1. The summed E-state index contributed by atoms with van der Waals surface area (Å²) in [4.78, 5) is 15.3. The van der Waals surface area contributed by atoms with E-state index in [1.807, 2.05) is 11.3 Å². The van der Waals surface area contributed by atoms with Gasteiger partial charge in [0.25, 0.3) is 0 Å². The molecule has 0 radical (unpaired) electrons. The van der Waals surface area contributed by atoms with Crippen LogP contribution in [-0.2, 0) is 16.1 Å². The van der Waals surface area contributed by atoms with Gasteiger partial charge in [-0.25, -0.2) is 0 Å². The minimum absolute atomic E-state index is 0.0139. The number of carbonyl (C=O) groups excluding carboxylic acids is 1. The summed E-state index contributed by atoms with van der Waals surface area (Å²) in [5.41, 5.74) is 0. The fourth-order valence-electron chi connectivity index (χ4n) is 3.25. The van der Waals surface area contributed by atoms with Gasteiger partial charge in [-0.1, -0.05) is 18.2 Å². The van der Waals surface area contributed by atoms with Crippen molar-refractivity contribution in [1.29, 1.82) is 0 Å². The van der Waals surface area contributed by atoms with Crippen LogP contribution in [0.25, 0.3) is 10.1 Å². The van der Waals surface area contributed by atoms with Crippen LogP contribution in [0.2, 0.25) is 0 Å². The van der Waals surface area contributed by atoms with Crippen molar-refractivity contribution in [3.05, 3.63) is 35.2 Å². The molecule has 3 heterocycles. The summed E-state index contributed by atoms with van der Waals surface area (Å²) >= 11 is 1.86. The smallest absolute Gasteiger partial charge is 0.246 e. The molecule has 1 aromatic heterocycles. The van der Waals surface area contributed by atoms with Crippen LogP contribution in [0.15, 0.2) is 30.3 Å². The lowest BCUT2D eigenvalue weighted by molar-refractivity contribution is -0.140. The standard InChI is InChI=1S/C16H18N2O2S/c19-16-10-20-14-5-6-18(9-13(14)17-16)8-12-7-11-3-1-2-4-15(11)21-12/h1-4,7,13-14H,5-6,8-10H2,(H,17,19)/t13-,14+/m0/s1. The lowest BCUT2D eigenvalue weighted by Crippen LogP contribution is -2.59. The van der Waals surface area contributed by atoms with Crippen molar-refractivity contribution in [3.8, 4) is 0 Å². The number of nitrogens with one attached hydrogen (secondary N) is 1. The van der Waals surface area contributed by atoms with Crippen molar-refractivity contribution in [2.24, 2.45) is 0 Å². The maximum atomic E-state index is 11.4. The molecule has 2 aliphatic heterocycles. The Bertz CT molecular complexity index is 636. The van der Waals surface area contributed by atoms with Crippen LogP contribution < -0.4 is 5.32 Å². The maximum absolute atomic E-state index is 11.4. The van der Waals surface area contributed by atoms with Gasteiger partial charge >= 0.3 is 0 Å². The normalized spacial score (nSPS) is 26.6. The zero-order valence-corrected chi connectivity index (χ0v) is 12.6. The zero-order valence-electron chi connectivity index (χ0n) is 11.7. The average Bonchev–Trinajstić information content (AvgIpc) is 2.89. The molecule has 2 aliphatic rings. The Morgan fingerprint density at radius 1 is 1.38 bits per heavy atom. The summed E-state index contributed by atoms with van der Waals surface area (Å²) in [6.07, 6.45) is 1.19.